The maximum Gasteiger partial charge on any atom is 0.243 e. The van der Waals surface area contributed by atoms with E-state index in [0.29, 0.717) is 18.0 Å². The first kappa shape index (κ1) is 16.0. The predicted octanol–water partition coefficient (Wildman–Crippen LogP) is 2.81. The maximum absolute atomic E-state index is 12.6. The Hall–Kier alpha value is -1.85. The molecule has 1 heterocycles. The highest BCUT2D eigenvalue weighted by atomic mass is 32.2. The second kappa shape index (κ2) is 6.34. The van der Waals surface area contributed by atoms with Crippen molar-refractivity contribution >= 4 is 15.7 Å². The normalized spacial score (nSPS) is 16.5. The van der Waals surface area contributed by atoms with Gasteiger partial charge in [0.05, 0.1) is 4.90 Å². The third-order valence-electron chi connectivity index (χ3n) is 4.19. The van der Waals surface area contributed by atoms with Crippen molar-refractivity contribution in [3.8, 4) is 0 Å². The number of aryl methyl sites for hydroxylation is 2. The van der Waals surface area contributed by atoms with Crippen LogP contribution in [0.15, 0.2) is 53.4 Å². The zero-order valence-electron chi connectivity index (χ0n) is 13.6. The van der Waals surface area contributed by atoms with Crippen molar-refractivity contribution in [1.82, 2.24) is 4.31 Å². The van der Waals surface area contributed by atoms with Crippen LogP contribution >= 0.6 is 0 Å². The van der Waals surface area contributed by atoms with Gasteiger partial charge in [0.2, 0.25) is 10.0 Å². The molecule has 0 N–H and O–H groups in total. The molecule has 4 nitrogen and oxygen atoms in total. The largest absolute Gasteiger partial charge is 0.369 e. The molecule has 1 aliphatic heterocycles. The van der Waals surface area contributed by atoms with Crippen LogP contribution in [0.5, 0.6) is 0 Å². The first-order chi connectivity index (χ1) is 11.0. The molecule has 0 radical (unpaired) electrons. The van der Waals surface area contributed by atoms with Crippen molar-refractivity contribution < 1.29 is 8.42 Å². The number of anilines is 1. The minimum Gasteiger partial charge on any atom is -0.369 e. The molecule has 2 aromatic rings. The summed E-state index contributed by atoms with van der Waals surface area (Å²) >= 11 is 0. The van der Waals surface area contributed by atoms with E-state index in [9.17, 15) is 8.42 Å². The number of sulfonamides is 1. The van der Waals surface area contributed by atoms with Gasteiger partial charge in [0.1, 0.15) is 0 Å². The van der Waals surface area contributed by atoms with Crippen LogP contribution in [0.2, 0.25) is 0 Å². The van der Waals surface area contributed by atoms with Gasteiger partial charge >= 0.3 is 0 Å². The van der Waals surface area contributed by atoms with Crippen LogP contribution in [0, 0.1) is 13.8 Å². The third kappa shape index (κ3) is 3.41. The van der Waals surface area contributed by atoms with Crippen molar-refractivity contribution in [2.24, 2.45) is 0 Å². The molecule has 0 aliphatic carbocycles. The Labute approximate surface area is 138 Å². The summed E-state index contributed by atoms with van der Waals surface area (Å²) < 4.78 is 26.9. The topological polar surface area (TPSA) is 40.6 Å². The summed E-state index contributed by atoms with van der Waals surface area (Å²) in [6, 6.07) is 15.1. The Kier molecular flexibility index (Phi) is 4.41. The van der Waals surface area contributed by atoms with Crippen LogP contribution in [-0.2, 0) is 10.0 Å². The fraction of sp³-hybridized carbons (Fsp3) is 0.333. The highest BCUT2D eigenvalue weighted by molar-refractivity contribution is 7.89. The third-order valence-corrected chi connectivity index (χ3v) is 6.10. The van der Waals surface area contributed by atoms with Gasteiger partial charge in [-0.25, -0.2) is 8.42 Å². The molecule has 0 unspecified atom stereocenters. The van der Waals surface area contributed by atoms with Crippen LogP contribution in [-0.4, -0.2) is 38.9 Å². The lowest BCUT2D eigenvalue weighted by Crippen LogP contribution is -2.48. The van der Waals surface area contributed by atoms with E-state index in [-0.39, 0.29) is 0 Å². The Morgan fingerprint density at radius 1 is 0.826 bits per heavy atom. The van der Waals surface area contributed by atoms with Gasteiger partial charge in [-0.05, 0) is 49.2 Å². The molecule has 23 heavy (non-hydrogen) atoms. The fourth-order valence-electron chi connectivity index (χ4n) is 3.06. The number of benzene rings is 2. The first-order valence-corrected chi connectivity index (χ1v) is 9.29. The van der Waals surface area contributed by atoms with Crippen LogP contribution in [0.25, 0.3) is 0 Å². The minimum absolute atomic E-state index is 0.375. The fourth-order valence-corrected chi connectivity index (χ4v) is 4.50. The molecule has 1 aliphatic rings. The molecular weight excluding hydrogens is 308 g/mol. The summed E-state index contributed by atoms with van der Waals surface area (Å²) in [4.78, 5) is 2.64. The minimum atomic E-state index is -3.38. The van der Waals surface area contributed by atoms with E-state index in [1.807, 2.05) is 6.07 Å². The van der Waals surface area contributed by atoms with E-state index in [1.54, 1.807) is 28.6 Å². The van der Waals surface area contributed by atoms with Crippen molar-refractivity contribution in [3.05, 3.63) is 59.7 Å². The summed E-state index contributed by atoms with van der Waals surface area (Å²) in [5.74, 6) is 0. The number of hydrogen-bond acceptors (Lipinski definition) is 3. The standard InChI is InChI=1S/C18H22N2O2S/c1-15-12-16(2)14-17(13-15)19-8-10-20(11-9-19)23(21,22)18-6-4-3-5-7-18/h3-7,12-14H,8-11H2,1-2H3. The van der Waals surface area contributed by atoms with E-state index in [1.165, 1.54) is 16.8 Å². The highest BCUT2D eigenvalue weighted by Crippen LogP contribution is 2.23. The average Bonchev–Trinajstić information content (AvgIpc) is 2.55. The smallest absolute Gasteiger partial charge is 0.243 e. The quantitative estimate of drug-likeness (QED) is 0.869. The van der Waals surface area contributed by atoms with Gasteiger partial charge in [-0.1, -0.05) is 24.3 Å². The van der Waals surface area contributed by atoms with Crippen molar-refractivity contribution in [3.63, 3.8) is 0 Å². The molecule has 0 amide bonds. The second-order valence-electron chi connectivity index (χ2n) is 6.05. The van der Waals surface area contributed by atoms with Gasteiger partial charge < -0.3 is 4.90 Å². The summed E-state index contributed by atoms with van der Waals surface area (Å²) in [6.45, 7) is 6.65. The maximum atomic E-state index is 12.6. The van der Waals surface area contributed by atoms with E-state index < -0.39 is 10.0 Å². The summed E-state index contributed by atoms with van der Waals surface area (Å²) in [5, 5.41) is 0. The summed E-state index contributed by atoms with van der Waals surface area (Å²) in [7, 11) is -3.38. The van der Waals surface area contributed by atoms with Gasteiger partial charge in [-0.3, -0.25) is 0 Å². The monoisotopic (exact) mass is 330 g/mol. The molecule has 2 aromatic carbocycles. The Balaban J connectivity index is 1.73. The van der Waals surface area contributed by atoms with Crippen LogP contribution < -0.4 is 4.90 Å². The van der Waals surface area contributed by atoms with E-state index in [2.05, 4.69) is 36.9 Å². The van der Waals surface area contributed by atoms with Crippen molar-refractivity contribution in [2.75, 3.05) is 31.1 Å². The Morgan fingerprint density at radius 3 is 1.96 bits per heavy atom. The van der Waals surface area contributed by atoms with E-state index in [0.717, 1.165) is 13.1 Å². The zero-order chi connectivity index (χ0) is 16.4. The van der Waals surface area contributed by atoms with Crippen molar-refractivity contribution in [2.45, 2.75) is 18.7 Å². The molecule has 3 rings (SSSR count). The lowest BCUT2D eigenvalue weighted by Gasteiger charge is -2.35. The van der Waals surface area contributed by atoms with Gasteiger partial charge in [-0.15, -0.1) is 0 Å². The van der Waals surface area contributed by atoms with Gasteiger partial charge in [0, 0.05) is 31.9 Å². The molecule has 5 heteroatoms. The lowest BCUT2D eigenvalue weighted by molar-refractivity contribution is 0.385. The molecule has 0 bridgehead atoms. The van der Waals surface area contributed by atoms with Crippen LogP contribution in [0.1, 0.15) is 11.1 Å². The lowest BCUT2D eigenvalue weighted by atomic mass is 10.1. The first-order valence-electron chi connectivity index (χ1n) is 7.85. The second-order valence-corrected chi connectivity index (χ2v) is 7.99. The highest BCUT2D eigenvalue weighted by Gasteiger charge is 2.28. The predicted molar refractivity (Wildman–Crippen MR) is 93.3 cm³/mol. The number of rotatable bonds is 3. The summed E-state index contributed by atoms with van der Waals surface area (Å²) in [5.41, 5.74) is 3.65. The molecular formula is C18H22N2O2S. The van der Waals surface area contributed by atoms with Crippen LogP contribution in [0.4, 0.5) is 5.69 Å². The van der Waals surface area contributed by atoms with E-state index in [4.69, 9.17) is 0 Å². The average molecular weight is 330 g/mol. The van der Waals surface area contributed by atoms with Gasteiger partial charge in [0.15, 0.2) is 0 Å². The number of piperazine rings is 1. The Bertz CT molecular complexity index is 760. The van der Waals surface area contributed by atoms with Gasteiger partial charge in [0.25, 0.3) is 0 Å². The van der Waals surface area contributed by atoms with Gasteiger partial charge in [-0.2, -0.15) is 4.31 Å². The number of hydrogen-bond donors (Lipinski definition) is 0. The van der Waals surface area contributed by atoms with E-state index >= 15 is 0 Å². The van der Waals surface area contributed by atoms with Crippen LogP contribution in [0.3, 0.4) is 0 Å². The Morgan fingerprint density at radius 2 is 1.39 bits per heavy atom. The number of nitrogens with zero attached hydrogens (tertiary/aromatic N) is 2. The summed E-state index contributed by atoms with van der Waals surface area (Å²) in [6.07, 6.45) is 0. The van der Waals surface area contributed by atoms with Crippen molar-refractivity contribution in [1.29, 1.82) is 0 Å². The molecule has 0 atom stereocenters. The molecule has 0 saturated carbocycles. The molecule has 122 valence electrons. The molecule has 1 fully saturated rings. The SMILES string of the molecule is Cc1cc(C)cc(N2CCN(S(=O)(=O)c3ccccc3)CC2)c1. The molecule has 0 spiro atoms. The molecule has 0 aromatic heterocycles. The molecule has 1 saturated heterocycles. The zero-order valence-corrected chi connectivity index (χ0v) is 14.4.